The average molecular weight is 686 g/mol. The third kappa shape index (κ3) is 8.47. The summed E-state index contributed by atoms with van der Waals surface area (Å²) in [7, 11) is -4.08. The molecular weight excluding hydrogens is 638 g/mol. The average Bonchev–Trinajstić information content (AvgIpc) is 3.87. The van der Waals surface area contributed by atoms with Crippen LogP contribution in [0.2, 0.25) is 0 Å². The predicted molar refractivity (Wildman–Crippen MR) is 179 cm³/mol. The number of benzene rings is 2. The van der Waals surface area contributed by atoms with E-state index in [0.29, 0.717) is 30.3 Å². The van der Waals surface area contributed by atoms with Gasteiger partial charge < -0.3 is 39.3 Å². The molecule has 4 heterocycles. The van der Waals surface area contributed by atoms with Gasteiger partial charge in [0.15, 0.2) is 11.9 Å². The van der Waals surface area contributed by atoms with E-state index in [2.05, 4.69) is 20.5 Å². The van der Waals surface area contributed by atoms with Crippen molar-refractivity contribution < 1.29 is 36.9 Å². The summed E-state index contributed by atoms with van der Waals surface area (Å²) in [5, 5.41) is 17.6. The van der Waals surface area contributed by atoms with E-state index in [1.54, 1.807) is 6.07 Å². The zero-order chi connectivity index (χ0) is 33.7. The Kier molecular flexibility index (Phi) is 11.2. The van der Waals surface area contributed by atoms with E-state index in [4.69, 9.17) is 18.6 Å². The highest BCUT2D eigenvalue weighted by Gasteiger charge is 2.44. The molecule has 0 spiro atoms. The molecule has 3 N–H and O–H groups in total. The predicted octanol–water partition coefficient (Wildman–Crippen LogP) is 3.44. The van der Waals surface area contributed by atoms with Crippen LogP contribution in [0.5, 0.6) is 0 Å². The number of rotatable bonds is 15. The quantitative estimate of drug-likeness (QED) is 0.216. The van der Waals surface area contributed by atoms with Gasteiger partial charge in [-0.3, -0.25) is 0 Å². The largest absolute Gasteiger partial charge is 0.443 e. The smallest absolute Gasteiger partial charge is 0.407 e. The van der Waals surface area contributed by atoms with E-state index in [1.807, 2.05) is 44.2 Å². The van der Waals surface area contributed by atoms with Crippen LogP contribution in [0.1, 0.15) is 38.7 Å². The Labute approximate surface area is 282 Å². The molecular formula is C34H47N5O8S. The lowest BCUT2D eigenvalue weighted by molar-refractivity contribution is -0.0907. The van der Waals surface area contributed by atoms with Gasteiger partial charge in [-0.1, -0.05) is 44.2 Å². The highest BCUT2D eigenvalue weighted by atomic mass is 32.2. The standard InChI is InChI=1S/C34H47N5O8S/c1-23(2)20-39(48(42,43)25-10-11-27-30(19-25)46-33(36-27)35-13-16-38-14-6-7-15-38)21-29(40)28(18-24-8-4-3-5-9-24)37-34(41)47-31-22-45-32-26(31)12-17-44-32/h3-5,8-11,19,23,26,28-29,31-32,40H,6-7,12-18,20-22H2,1-2H3,(H,35,36)(H,37,41). The van der Waals surface area contributed by atoms with Gasteiger partial charge in [0.2, 0.25) is 10.0 Å². The highest BCUT2D eigenvalue weighted by Crippen LogP contribution is 2.33. The molecule has 0 bridgehead atoms. The first-order valence-electron chi connectivity index (χ1n) is 16.9. The number of hydrogen-bond donors (Lipinski definition) is 3. The SMILES string of the molecule is CC(C)CN(CC(O)C(Cc1ccccc1)NC(=O)OC1COC2OCCC12)S(=O)(=O)c1ccc2nc(NCCN3CCCC3)oc2c1. The maximum Gasteiger partial charge on any atom is 0.407 e. The molecule has 3 fully saturated rings. The fraction of sp³-hybridized carbons (Fsp3) is 0.588. The molecule has 48 heavy (non-hydrogen) atoms. The number of fused-ring (bicyclic) bond motifs is 2. The molecule has 5 unspecified atom stereocenters. The van der Waals surface area contributed by atoms with Crippen LogP contribution in [0.15, 0.2) is 57.8 Å². The van der Waals surface area contributed by atoms with Crippen LogP contribution in [0.4, 0.5) is 10.8 Å². The second kappa shape index (κ2) is 15.5. The molecule has 3 aliphatic rings. The van der Waals surface area contributed by atoms with Crippen molar-refractivity contribution in [3.63, 3.8) is 0 Å². The van der Waals surface area contributed by atoms with Gasteiger partial charge in [0.05, 0.1) is 36.2 Å². The summed E-state index contributed by atoms with van der Waals surface area (Å²) >= 11 is 0. The summed E-state index contributed by atoms with van der Waals surface area (Å²) in [6.07, 6.45) is 0.643. The van der Waals surface area contributed by atoms with Gasteiger partial charge in [-0.15, -0.1) is 0 Å². The number of aromatic nitrogens is 1. The van der Waals surface area contributed by atoms with Crippen LogP contribution < -0.4 is 10.6 Å². The first-order chi connectivity index (χ1) is 23.2. The Hall–Kier alpha value is -3.27. The third-order valence-electron chi connectivity index (χ3n) is 9.17. The van der Waals surface area contributed by atoms with Gasteiger partial charge in [0, 0.05) is 32.2 Å². The molecule has 1 aromatic heterocycles. The number of carbonyl (C=O) groups is 1. The molecule has 6 rings (SSSR count). The number of amides is 1. The molecule has 1 amide bonds. The lowest BCUT2D eigenvalue weighted by atomic mass is 10.0. The van der Waals surface area contributed by atoms with Crippen LogP contribution in [-0.2, 0) is 30.7 Å². The molecule has 5 atom stereocenters. The molecule has 3 aliphatic heterocycles. The first kappa shape index (κ1) is 34.6. The molecule has 0 radical (unpaired) electrons. The van der Waals surface area contributed by atoms with Gasteiger partial charge in [0.1, 0.15) is 11.6 Å². The molecule has 0 saturated carbocycles. The van der Waals surface area contributed by atoms with Crippen molar-refractivity contribution in [1.82, 2.24) is 19.5 Å². The summed E-state index contributed by atoms with van der Waals surface area (Å²) in [6.45, 7) is 8.26. The van der Waals surface area contributed by atoms with E-state index in [1.165, 1.54) is 29.3 Å². The minimum Gasteiger partial charge on any atom is -0.443 e. The van der Waals surface area contributed by atoms with Crippen LogP contribution >= 0.6 is 0 Å². The zero-order valence-electron chi connectivity index (χ0n) is 27.6. The Morgan fingerprint density at radius 1 is 1.12 bits per heavy atom. The fourth-order valence-electron chi connectivity index (χ4n) is 6.65. The van der Waals surface area contributed by atoms with E-state index in [0.717, 1.165) is 31.6 Å². The minimum absolute atomic E-state index is 0.0316. The molecule has 14 heteroatoms. The monoisotopic (exact) mass is 685 g/mol. The lowest BCUT2D eigenvalue weighted by Crippen LogP contribution is -2.51. The summed E-state index contributed by atoms with van der Waals surface area (Å²) < 4.78 is 52.2. The number of aliphatic hydroxyl groups excluding tert-OH is 1. The molecule has 2 aromatic carbocycles. The maximum absolute atomic E-state index is 14.1. The van der Waals surface area contributed by atoms with E-state index >= 15 is 0 Å². The van der Waals surface area contributed by atoms with Crippen molar-refractivity contribution in [2.24, 2.45) is 11.8 Å². The van der Waals surface area contributed by atoms with Gasteiger partial charge in [-0.25, -0.2) is 13.2 Å². The number of oxazole rings is 1. The van der Waals surface area contributed by atoms with Gasteiger partial charge in [-0.05, 0) is 62.4 Å². The van der Waals surface area contributed by atoms with E-state index in [-0.39, 0.29) is 49.1 Å². The highest BCUT2D eigenvalue weighted by molar-refractivity contribution is 7.89. The van der Waals surface area contributed by atoms with Crippen LogP contribution in [0, 0.1) is 11.8 Å². The zero-order valence-corrected chi connectivity index (χ0v) is 28.4. The van der Waals surface area contributed by atoms with Crippen LogP contribution in [-0.4, -0.2) is 111 Å². The van der Waals surface area contributed by atoms with E-state index < -0.39 is 34.4 Å². The number of ether oxygens (including phenoxy) is 3. The second-order valence-electron chi connectivity index (χ2n) is 13.3. The van der Waals surface area contributed by atoms with Crippen molar-refractivity contribution in [2.75, 3.05) is 57.8 Å². The number of anilines is 1. The topological polar surface area (TPSA) is 156 Å². The molecule has 13 nitrogen and oxygen atoms in total. The molecule has 0 aliphatic carbocycles. The summed E-state index contributed by atoms with van der Waals surface area (Å²) in [6, 6.07) is 13.5. The Balaban J connectivity index is 1.16. The normalized spacial score (nSPS) is 22.7. The number of alkyl carbamates (subject to hydrolysis) is 1. The van der Waals surface area contributed by atoms with Crippen molar-refractivity contribution >= 4 is 33.2 Å². The Morgan fingerprint density at radius 2 is 1.92 bits per heavy atom. The number of nitrogens with zero attached hydrogens (tertiary/aromatic N) is 3. The minimum atomic E-state index is -4.08. The number of nitrogens with one attached hydrogen (secondary N) is 2. The van der Waals surface area contributed by atoms with Crippen LogP contribution in [0.25, 0.3) is 11.1 Å². The number of likely N-dealkylation sites (tertiary alicyclic amines) is 1. The number of carbonyl (C=O) groups excluding carboxylic acids is 1. The van der Waals surface area contributed by atoms with Gasteiger partial charge in [-0.2, -0.15) is 9.29 Å². The molecule has 3 saturated heterocycles. The summed E-state index contributed by atoms with van der Waals surface area (Å²) in [5.74, 6) is -0.0785. The summed E-state index contributed by atoms with van der Waals surface area (Å²) in [4.78, 5) is 20.0. The Morgan fingerprint density at radius 3 is 2.69 bits per heavy atom. The molecule has 262 valence electrons. The van der Waals surface area contributed by atoms with Crippen molar-refractivity contribution in [3.8, 4) is 0 Å². The Bertz CT molecular complexity index is 1610. The second-order valence-corrected chi connectivity index (χ2v) is 15.3. The van der Waals surface area contributed by atoms with Gasteiger partial charge >= 0.3 is 6.09 Å². The lowest BCUT2D eigenvalue weighted by Gasteiger charge is -2.31. The molecule has 3 aromatic rings. The summed E-state index contributed by atoms with van der Waals surface area (Å²) in [5.41, 5.74) is 1.76. The van der Waals surface area contributed by atoms with E-state index in [9.17, 15) is 18.3 Å². The van der Waals surface area contributed by atoms with Gasteiger partial charge in [0.25, 0.3) is 6.01 Å². The maximum atomic E-state index is 14.1. The van der Waals surface area contributed by atoms with Crippen molar-refractivity contribution in [3.05, 3.63) is 54.1 Å². The number of hydrogen-bond acceptors (Lipinski definition) is 11. The van der Waals surface area contributed by atoms with Crippen molar-refractivity contribution in [1.29, 1.82) is 0 Å². The third-order valence-corrected chi connectivity index (χ3v) is 11.0. The van der Waals surface area contributed by atoms with Crippen molar-refractivity contribution in [2.45, 2.75) is 69.0 Å². The fourth-order valence-corrected chi connectivity index (χ4v) is 8.29. The first-order valence-corrected chi connectivity index (χ1v) is 18.4. The number of aliphatic hydroxyl groups is 1. The number of sulfonamides is 1. The van der Waals surface area contributed by atoms with Crippen LogP contribution in [0.3, 0.4) is 0 Å².